The molecule has 22 heavy (non-hydrogen) atoms. The number of pyridine rings is 1. The number of aromatic nitrogens is 1. The first-order valence-corrected chi connectivity index (χ1v) is 8.23. The highest BCUT2D eigenvalue weighted by Gasteiger charge is 2.19. The molecule has 1 aliphatic rings. The number of piperidine rings is 1. The van der Waals surface area contributed by atoms with Gasteiger partial charge >= 0.3 is 0 Å². The monoisotopic (exact) mass is 296 g/mol. The Bertz CT molecular complexity index is 607. The molecule has 3 nitrogen and oxygen atoms in total. The molecule has 0 amide bonds. The molecule has 1 N–H and O–H groups in total. The molecule has 0 unspecified atom stereocenters. The van der Waals surface area contributed by atoms with Crippen molar-refractivity contribution in [1.82, 2.24) is 9.88 Å². The standard InChI is InChI=1S/C19H24N2O/c22-19-7-6-18(15-20-19)14-17-9-12-21(13-10-17)11-8-16-4-2-1-3-5-16/h1-7,15,17H,8-14H2,(H,20,22). The van der Waals surface area contributed by atoms with Gasteiger partial charge in [-0.1, -0.05) is 36.4 Å². The predicted molar refractivity (Wildman–Crippen MR) is 90.1 cm³/mol. The summed E-state index contributed by atoms with van der Waals surface area (Å²) in [6, 6.07) is 14.3. The van der Waals surface area contributed by atoms with Crippen LogP contribution >= 0.6 is 0 Å². The summed E-state index contributed by atoms with van der Waals surface area (Å²) in [5.41, 5.74) is 2.67. The fraction of sp³-hybridized carbons (Fsp3) is 0.421. The number of nitrogens with one attached hydrogen (secondary N) is 1. The minimum Gasteiger partial charge on any atom is -0.329 e. The van der Waals surface area contributed by atoms with E-state index in [-0.39, 0.29) is 5.56 Å². The first-order chi connectivity index (χ1) is 10.8. The van der Waals surface area contributed by atoms with Crippen LogP contribution in [0.4, 0.5) is 0 Å². The number of H-pyrrole nitrogens is 1. The van der Waals surface area contributed by atoms with E-state index in [9.17, 15) is 4.79 Å². The number of rotatable bonds is 5. The average Bonchev–Trinajstić information content (AvgIpc) is 2.57. The van der Waals surface area contributed by atoms with Crippen LogP contribution in [0, 0.1) is 5.92 Å². The summed E-state index contributed by atoms with van der Waals surface area (Å²) in [7, 11) is 0. The van der Waals surface area contributed by atoms with Crippen LogP contribution in [0.25, 0.3) is 0 Å². The van der Waals surface area contributed by atoms with Crippen molar-refractivity contribution in [3.63, 3.8) is 0 Å². The summed E-state index contributed by atoms with van der Waals surface area (Å²) in [6.45, 7) is 3.55. The molecule has 0 saturated carbocycles. The quantitative estimate of drug-likeness (QED) is 0.921. The Morgan fingerprint density at radius 1 is 1.00 bits per heavy atom. The lowest BCUT2D eigenvalue weighted by atomic mass is 9.90. The van der Waals surface area contributed by atoms with Crippen LogP contribution in [0.1, 0.15) is 24.0 Å². The minimum atomic E-state index is -0.0144. The summed E-state index contributed by atoms with van der Waals surface area (Å²) in [5, 5.41) is 0. The third kappa shape index (κ3) is 4.31. The average molecular weight is 296 g/mol. The van der Waals surface area contributed by atoms with Gasteiger partial charge in [0.15, 0.2) is 0 Å². The summed E-state index contributed by atoms with van der Waals surface area (Å²) < 4.78 is 0. The Morgan fingerprint density at radius 2 is 1.77 bits per heavy atom. The van der Waals surface area contributed by atoms with E-state index in [1.54, 1.807) is 6.07 Å². The summed E-state index contributed by atoms with van der Waals surface area (Å²) in [4.78, 5) is 16.4. The van der Waals surface area contributed by atoms with Crippen LogP contribution in [0.15, 0.2) is 53.5 Å². The zero-order chi connectivity index (χ0) is 15.2. The number of hydrogen-bond acceptors (Lipinski definition) is 2. The summed E-state index contributed by atoms with van der Waals surface area (Å²) >= 11 is 0. The van der Waals surface area contributed by atoms with Crippen molar-refractivity contribution < 1.29 is 0 Å². The first kappa shape index (κ1) is 15.0. The number of nitrogens with zero attached hydrogens (tertiary/aromatic N) is 1. The van der Waals surface area contributed by atoms with Gasteiger partial charge in [0.1, 0.15) is 0 Å². The van der Waals surface area contributed by atoms with E-state index < -0.39 is 0 Å². The molecule has 0 atom stereocenters. The highest BCUT2D eigenvalue weighted by Crippen LogP contribution is 2.21. The van der Waals surface area contributed by atoms with Gasteiger partial charge in [-0.25, -0.2) is 0 Å². The molecule has 0 radical (unpaired) electrons. The number of aromatic amines is 1. The van der Waals surface area contributed by atoms with Crippen molar-refractivity contribution in [2.45, 2.75) is 25.7 Å². The fourth-order valence-corrected chi connectivity index (χ4v) is 3.25. The molecule has 1 fully saturated rings. The smallest absolute Gasteiger partial charge is 0.247 e. The van der Waals surface area contributed by atoms with Crippen molar-refractivity contribution in [3.8, 4) is 0 Å². The van der Waals surface area contributed by atoms with E-state index in [1.165, 1.54) is 37.1 Å². The van der Waals surface area contributed by atoms with Gasteiger partial charge in [-0.2, -0.15) is 0 Å². The van der Waals surface area contributed by atoms with Crippen molar-refractivity contribution in [3.05, 3.63) is 70.1 Å². The van der Waals surface area contributed by atoms with Gasteiger partial charge in [-0.05, 0) is 55.8 Å². The maximum absolute atomic E-state index is 11.1. The van der Waals surface area contributed by atoms with Crippen LogP contribution in [0.5, 0.6) is 0 Å². The van der Waals surface area contributed by atoms with Gasteiger partial charge in [-0.15, -0.1) is 0 Å². The summed E-state index contributed by atoms with van der Waals surface area (Å²) in [6.07, 6.45) is 6.61. The van der Waals surface area contributed by atoms with Gasteiger partial charge in [0.05, 0.1) is 0 Å². The molecule has 3 rings (SSSR count). The third-order valence-corrected chi connectivity index (χ3v) is 4.64. The van der Waals surface area contributed by atoms with Crippen molar-refractivity contribution in [1.29, 1.82) is 0 Å². The SMILES string of the molecule is O=c1ccc(CC2CCN(CCc3ccccc3)CC2)c[nH]1. The Labute approximate surface area is 132 Å². The Kier molecular flexibility index (Phi) is 5.07. The third-order valence-electron chi connectivity index (χ3n) is 4.64. The Hall–Kier alpha value is -1.87. The van der Waals surface area contributed by atoms with E-state index in [4.69, 9.17) is 0 Å². The van der Waals surface area contributed by atoms with Crippen molar-refractivity contribution in [2.24, 2.45) is 5.92 Å². The van der Waals surface area contributed by atoms with E-state index in [2.05, 4.69) is 40.2 Å². The zero-order valence-electron chi connectivity index (χ0n) is 13.0. The molecule has 1 aliphatic heterocycles. The molecular formula is C19H24N2O. The molecule has 116 valence electrons. The topological polar surface area (TPSA) is 36.1 Å². The van der Waals surface area contributed by atoms with Crippen molar-refractivity contribution >= 4 is 0 Å². The second-order valence-corrected chi connectivity index (χ2v) is 6.29. The van der Waals surface area contributed by atoms with Gasteiger partial charge in [-0.3, -0.25) is 4.79 Å². The van der Waals surface area contributed by atoms with Crippen LogP contribution in [0.3, 0.4) is 0 Å². The largest absolute Gasteiger partial charge is 0.329 e. The van der Waals surface area contributed by atoms with E-state index in [1.807, 2.05) is 12.3 Å². The Morgan fingerprint density at radius 3 is 2.45 bits per heavy atom. The van der Waals surface area contributed by atoms with E-state index in [0.29, 0.717) is 0 Å². The predicted octanol–water partition coefficient (Wildman–Crippen LogP) is 2.87. The zero-order valence-corrected chi connectivity index (χ0v) is 13.0. The molecule has 0 spiro atoms. The highest BCUT2D eigenvalue weighted by molar-refractivity contribution is 5.15. The lowest BCUT2D eigenvalue weighted by Gasteiger charge is -2.32. The molecular weight excluding hydrogens is 272 g/mol. The molecule has 2 aromatic rings. The van der Waals surface area contributed by atoms with Crippen LogP contribution < -0.4 is 5.56 Å². The van der Waals surface area contributed by atoms with Crippen LogP contribution in [0.2, 0.25) is 0 Å². The first-order valence-electron chi connectivity index (χ1n) is 8.23. The molecule has 1 aromatic carbocycles. The normalized spacial score (nSPS) is 16.7. The number of likely N-dealkylation sites (tertiary alicyclic amines) is 1. The molecule has 1 aromatic heterocycles. The van der Waals surface area contributed by atoms with Crippen molar-refractivity contribution in [2.75, 3.05) is 19.6 Å². The van der Waals surface area contributed by atoms with Crippen LogP contribution in [-0.2, 0) is 12.8 Å². The van der Waals surface area contributed by atoms with E-state index in [0.717, 1.165) is 25.3 Å². The second kappa shape index (κ2) is 7.41. The number of benzene rings is 1. The highest BCUT2D eigenvalue weighted by atomic mass is 16.1. The maximum Gasteiger partial charge on any atom is 0.247 e. The minimum absolute atomic E-state index is 0.0144. The van der Waals surface area contributed by atoms with Gasteiger partial charge in [0, 0.05) is 18.8 Å². The lowest BCUT2D eigenvalue weighted by molar-refractivity contribution is 0.186. The fourth-order valence-electron chi connectivity index (χ4n) is 3.25. The van der Waals surface area contributed by atoms with Gasteiger partial charge in [0.2, 0.25) is 5.56 Å². The number of hydrogen-bond donors (Lipinski definition) is 1. The second-order valence-electron chi connectivity index (χ2n) is 6.29. The van der Waals surface area contributed by atoms with E-state index >= 15 is 0 Å². The molecule has 0 aliphatic carbocycles. The molecule has 1 saturated heterocycles. The maximum atomic E-state index is 11.1. The van der Waals surface area contributed by atoms with Gasteiger partial charge < -0.3 is 9.88 Å². The Balaban J connectivity index is 1.42. The lowest BCUT2D eigenvalue weighted by Crippen LogP contribution is -2.35. The van der Waals surface area contributed by atoms with Gasteiger partial charge in [0.25, 0.3) is 0 Å². The molecule has 3 heteroatoms. The summed E-state index contributed by atoms with van der Waals surface area (Å²) in [5.74, 6) is 0.749. The molecule has 0 bridgehead atoms. The van der Waals surface area contributed by atoms with Crippen LogP contribution in [-0.4, -0.2) is 29.5 Å². The molecule has 2 heterocycles.